The van der Waals surface area contributed by atoms with Gasteiger partial charge >= 0.3 is 11.9 Å². The average Bonchev–Trinajstić information content (AvgIpc) is 2.15. The van der Waals surface area contributed by atoms with Crippen LogP contribution >= 0.6 is 0 Å². The van der Waals surface area contributed by atoms with Gasteiger partial charge in [0.2, 0.25) is 0 Å². The molecule has 17 heavy (non-hydrogen) atoms. The Kier molecular flexibility index (Phi) is 3.62. The third kappa shape index (κ3) is 3.56. The number of carbonyl (C=O) groups excluding carboxylic acids is 1. The van der Waals surface area contributed by atoms with Crippen LogP contribution in [-0.4, -0.2) is 28.2 Å². The van der Waals surface area contributed by atoms with Crippen LogP contribution in [0.1, 0.15) is 33.6 Å². The summed E-state index contributed by atoms with van der Waals surface area (Å²) in [5.41, 5.74) is 3.79. The highest BCUT2D eigenvalue weighted by Crippen LogP contribution is 2.27. The van der Waals surface area contributed by atoms with Crippen LogP contribution in [0.2, 0.25) is 0 Å². The molecule has 0 saturated heterocycles. The van der Waals surface area contributed by atoms with Gasteiger partial charge in [0.25, 0.3) is 0 Å². The third-order valence-electron chi connectivity index (χ3n) is 2.57. The summed E-state index contributed by atoms with van der Waals surface area (Å²) in [6, 6.07) is 0. The molecule has 0 radical (unpaired) electrons. The van der Waals surface area contributed by atoms with Gasteiger partial charge in [-0.05, 0) is 33.6 Å². The van der Waals surface area contributed by atoms with E-state index >= 15 is 0 Å². The number of nitrogens with two attached hydrogens (primary N) is 1. The molecule has 0 unspecified atom stereocenters. The highest BCUT2D eigenvalue weighted by Gasteiger charge is 2.40. The van der Waals surface area contributed by atoms with Gasteiger partial charge in [-0.3, -0.25) is 9.59 Å². The normalized spacial score (nSPS) is 28.8. The minimum atomic E-state index is -1.36. The van der Waals surface area contributed by atoms with Crippen LogP contribution in [0, 0.1) is 5.92 Å². The van der Waals surface area contributed by atoms with Crippen LogP contribution in [-0.2, 0) is 14.3 Å². The van der Waals surface area contributed by atoms with Gasteiger partial charge < -0.3 is 15.6 Å². The van der Waals surface area contributed by atoms with Crippen molar-refractivity contribution in [1.29, 1.82) is 0 Å². The van der Waals surface area contributed by atoms with E-state index in [4.69, 9.17) is 15.6 Å². The summed E-state index contributed by atoms with van der Waals surface area (Å²) in [7, 11) is 0. The van der Waals surface area contributed by atoms with Crippen LogP contribution in [0.25, 0.3) is 0 Å². The second-order valence-electron chi connectivity index (χ2n) is 5.44. The van der Waals surface area contributed by atoms with Gasteiger partial charge in [-0.1, -0.05) is 12.2 Å². The van der Waals surface area contributed by atoms with Crippen molar-refractivity contribution < 1.29 is 19.4 Å². The van der Waals surface area contributed by atoms with Crippen molar-refractivity contribution in [2.24, 2.45) is 11.7 Å². The number of rotatable bonds is 2. The fourth-order valence-corrected chi connectivity index (χ4v) is 1.70. The monoisotopic (exact) mass is 241 g/mol. The van der Waals surface area contributed by atoms with Crippen LogP contribution in [0.3, 0.4) is 0 Å². The number of carboxylic acid groups (broad SMARTS) is 1. The number of carbonyl (C=O) groups is 2. The standard InChI is InChI=1S/C12H19NO4/c1-11(2,3)17-9(14)8-5-4-6-12(13,7-8)10(15)16/h4-5,8H,6-7,13H2,1-3H3,(H,15,16)/t8-,12-/m0/s1. The third-order valence-corrected chi connectivity index (χ3v) is 2.57. The van der Waals surface area contributed by atoms with Crippen molar-refractivity contribution in [2.75, 3.05) is 0 Å². The van der Waals surface area contributed by atoms with Crippen LogP contribution < -0.4 is 5.73 Å². The lowest BCUT2D eigenvalue weighted by Gasteiger charge is -2.31. The van der Waals surface area contributed by atoms with E-state index in [1.807, 2.05) is 0 Å². The number of esters is 1. The second kappa shape index (κ2) is 4.49. The molecule has 2 atom stereocenters. The maximum absolute atomic E-state index is 11.8. The number of ether oxygens (including phenoxy) is 1. The maximum atomic E-state index is 11.8. The molecule has 0 heterocycles. The molecular formula is C12H19NO4. The Morgan fingerprint density at radius 2 is 2.06 bits per heavy atom. The van der Waals surface area contributed by atoms with Gasteiger partial charge in [-0.15, -0.1) is 0 Å². The molecule has 0 aliphatic heterocycles. The van der Waals surface area contributed by atoms with E-state index in [9.17, 15) is 9.59 Å². The summed E-state index contributed by atoms with van der Waals surface area (Å²) in [5.74, 6) is -2.09. The predicted molar refractivity (Wildman–Crippen MR) is 62.3 cm³/mol. The Morgan fingerprint density at radius 3 is 2.53 bits per heavy atom. The second-order valence-corrected chi connectivity index (χ2v) is 5.44. The molecule has 5 heteroatoms. The Bertz CT molecular complexity index is 356. The lowest BCUT2D eigenvalue weighted by Crippen LogP contribution is -2.51. The molecule has 0 amide bonds. The maximum Gasteiger partial charge on any atom is 0.324 e. The van der Waals surface area contributed by atoms with Gasteiger partial charge in [0.1, 0.15) is 11.1 Å². The Hall–Kier alpha value is -1.36. The van der Waals surface area contributed by atoms with E-state index in [0.717, 1.165) is 0 Å². The summed E-state index contributed by atoms with van der Waals surface area (Å²) >= 11 is 0. The molecule has 1 aliphatic carbocycles. The molecule has 3 N–H and O–H groups in total. The fraction of sp³-hybridized carbons (Fsp3) is 0.667. The first-order valence-corrected chi connectivity index (χ1v) is 5.56. The van der Waals surface area contributed by atoms with Crippen molar-refractivity contribution >= 4 is 11.9 Å². The first-order chi connectivity index (χ1) is 7.64. The number of hydrogen-bond donors (Lipinski definition) is 2. The van der Waals surface area contributed by atoms with E-state index in [1.165, 1.54) is 0 Å². The Labute approximate surface area is 101 Å². The zero-order chi connectivity index (χ0) is 13.3. The molecule has 0 aromatic heterocycles. The topological polar surface area (TPSA) is 89.6 Å². The van der Waals surface area contributed by atoms with Crippen molar-refractivity contribution in [3.8, 4) is 0 Å². The van der Waals surface area contributed by atoms with E-state index in [1.54, 1.807) is 32.9 Å². The highest BCUT2D eigenvalue weighted by atomic mass is 16.6. The molecule has 0 spiro atoms. The predicted octanol–water partition coefficient (Wildman–Crippen LogP) is 1.08. The lowest BCUT2D eigenvalue weighted by atomic mass is 9.81. The number of carboxylic acids is 1. The average molecular weight is 241 g/mol. The molecule has 0 aromatic rings. The van der Waals surface area contributed by atoms with Gasteiger partial charge in [0.05, 0.1) is 5.92 Å². The van der Waals surface area contributed by atoms with Crippen LogP contribution in [0.15, 0.2) is 12.2 Å². The molecule has 0 aromatic carbocycles. The zero-order valence-corrected chi connectivity index (χ0v) is 10.4. The summed E-state index contributed by atoms with van der Waals surface area (Å²) in [4.78, 5) is 22.8. The number of hydrogen-bond acceptors (Lipinski definition) is 4. The van der Waals surface area contributed by atoms with Gasteiger partial charge in [0, 0.05) is 0 Å². The highest BCUT2D eigenvalue weighted by molar-refractivity contribution is 5.82. The first kappa shape index (κ1) is 13.7. The molecule has 0 fully saturated rings. The molecular weight excluding hydrogens is 222 g/mol. The van der Waals surface area contributed by atoms with Gasteiger partial charge in [-0.25, -0.2) is 0 Å². The molecule has 0 saturated carbocycles. The van der Waals surface area contributed by atoms with Crippen LogP contribution in [0.5, 0.6) is 0 Å². The first-order valence-electron chi connectivity index (χ1n) is 5.56. The summed E-state index contributed by atoms with van der Waals surface area (Å²) < 4.78 is 5.21. The van der Waals surface area contributed by atoms with E-state index in [2.05, 4.69) is 0 Å². The van der Waals surface area contributed by atoms with Gasteiger partial charge in [0.15, 0.2) is 0 Å². The molecule has 5 nitrogen and oxygen atoms in total. The van der Waals surface area contributed by atoms with E-state index in [-0.39, 0.29) is 12.8 Å². The summed E-state index contributed by atoms with van der Waals surface area (Å²) in [6.45, 7) is 5.30. The summed E-state index contributed by atoms with van der Waals surface area (Å²) in [6.07, 6.45) is 3.61. The van der Waals surface area contributed by atoms with Crippen molar-refractivity contribution in [2.45, 2.75) is 44.8 Å². The van der Waals surface area contributed by atoms with Crippen LogP contribution in [0.4, 0.5) is 0 Å². The quantitative estimate of drug-likeness (QED) is 0.557. The van der Waals surface area contributed by atoms with Crippen molar-refractivity contribution in [3.63, 3.8) is 0 Å². The molecule has 0 bridgehead atoms. The SMILES string of the molecule is CC(C)(C)OC(=O)[C@H]1C=CC[C@@](N)(C(=O)O)C1. The molecule has 1 rings (SSSR count). The smallest absolute Gasteiger partial charge is 0.324 e. The van der Waals surface area contributed by atoms with Crippen molar-refractivity contribution in [3.05, 3.63) is 12.2 Å². The lowest BCUT2D eigenvalue weighted by molar-refractivity contribution is -0.159. The Morgan fingerprint density at radius 1 is 1.47 bits per heavy atom. The van der Waals surface area contributed by atoms with E-state index in [0.29, 0.717) is 0 Å². The Balaban J connectivity index is 2.75. The minimum Gasteiger partial charge on any atom is -0.480 e. The van der Waals surface area contributed by atoms with Gasteiger partial charge in [-0.2, -0.15) is 0 Å². The number of aliphatic carboxylic acids is 1. The fourth-order valence-electron chi connectivity index (χ4n) is 1.70. The van der Waals surface area contributed by atoms with E-state index < -0.39 is 29.0 Å². The van der Waals surface area contributed by atoms with Crippen molar-refractivity contribution in [1.82, 2.24) is 0 Å². The minimum absolute atomic E-state index is 0.0771. The molecule has 96 valence electrons. The zero-order valence-electron chi connectivity index (χ0n) is 10.4. The largest absolute Gasteiger partial charge is 0.480 e. The molecule has 1 aliphatic rings. The summed E-state index contributed by atoms with van der Waals surface area (Å²) in [5, 5.41) is 9.02.